The molecule has 10 heteroatoms. The summed E-state index contributed by atoms with van der Waals surface area (Å²) in [6.45, 7) is 7.54. The standard InChI is InChI=1S/C23H28N6O3Si/c1-28-13-16(12-24-28)5-6-18-14-29(15-32-9-10-33(2,3)4)23(31)21-19(18)11-20(26-27-21)25-22(30)17-7-8-17/h11-14,17H,7-10,15H2,1-4H3,(H,25,26,30). The van der Waals surface area contributed by atoms with E-state index >= 15 is 0 Å². The Morgan fingerprint density at radius 2 is 2.03 bits per heavy atom. The van der Waals surface area contributed by atoms with E-state index in [4.69, 9.17) is 4.74 Å². The van der Waals surface area contributed by atoms with Crippen LogP contribution in [-0.4, -0.2) is 45.1 Å². The van der Waals surface area contributed by atoms with Crippen molar-refractivity contribution in [1.29, 1.82) is 0 Å². The van der Waals surface area contributed by atoms with E-state index in [0.717, 1.165) is 24.4 Å². The number of aromatic nitrogens is 5. The van der Waals surface area contributed by atoms with Gasteiger partial charge in [0.1, 0.15) is 6.73 Å². The molecule has 33 heavy (non-hydrogen) atoms. The zero-order valence-electron chi connectivity index (χ0n) is 19.4. The summed E-state index contributed by atoms with van der Waals surface area (Å²) in [6.07, 6.45) is 6.93. The van der Waals surface area contributed by atoms with E-state index in [-0.39, 0.29) is 29.6 Å². The molecule has 1 aliphatic rings. The number of nitrogens with zero attached hydrogens (tertiary/aromatic N) is 5. The lowest BCUT2D eigenvalue weighted by molar-refractivity contribution is -0.117. The highest BCUT2D eigenvalue weighted by Gasteiger charge is 2.30. The van der Waals surface area contributed by atoms with E-state index in [9.17, 15) is 9.59 Å². The SMILES string of the molecule is Cn1cc(C#Cc2cn(COCC[Si](C)(C)C)c(=O)c3nnc(NC(=O)C4CC4)cc23)cn1. The number of hydrogen-bond donors (Lipinski definition) is 1. The Bertz CT molecular complexity index is 1310. The summed E-state index contributed by atoms with van der Waals surface area (Å²) in [5.74, 6) is 6.47. The van der Waals surface area contributed by atoms with Gasteiger partial charge in [0.15, 0.2) is 11.3 Å². The quantitative estimate of drug-likeness (QED) is 0.327. The Morgan fingerprint density at radius 1 is 1.24 bits per heavy atom. The molecule has 0 atom stereocenters. The van der Waals surface area contributed by atoms with Gasteiger partial charge in [-0.2, -0.15) is 5.10 Å². The van der Waals surface area contributed by atoms with Gasteiger partial charge in [-0.3, -0.25) is 18.8 Å². The van der Waals surface area contributed by atoms with Gasteiger partial charge in [0.2, 0.25) is 5.91 Å². The lowest BCUT2D eigenvalue weighted by Crippen LogP contribution is -2.26. The van der Waals surface area contributed by atoms with Crippen LogP contribution in [0.5, 0.6) is 0 Å². The van der Waals surface area contributed by atoms with Crippen molar-refractivity contribution in [2.75, 3.05) is 11.9 Å². The van der Waals surface area contributed by atoms with Crippen molar-refractivity contribution in [2.45, 2.75) is 45.3 Å². The summed E-state index contributed by atoms with van der Waals surface area (Å²) >= 11 is 0. The minimum absolute atomic E-state index is 0.0358. The number of amides is 1. The second-order valence-electron chi connectivity index (χ2n) is 9.57. The van der Waals surface area contributed by atoms with Gasteiger partial charge in [0, 0.05) is 45.4 Å². The summed E-state index contributed by atoms with van der Waals surface area (Å²) < 4.78 is 8.93. The first-order valence-electron chi connectivity index (χ1n) is 11.0. The Labute approximate surface area is 193 Å². The van der Waals surface area contributed by atoms with Crippen molar-refractivity contribution < 1.29 is 9.53 Å². The number of ether oxygens (including phenoxy) is 1. The van der Waals surface area contributed by atoms with Gasteiger partial charge < -0.3 is 10.1 Å². The first kappa shape index (κ1) is 22.9. The number of hydrogen-bond acceptors (Lipinski definition) is 6. The minimum atomic E-state index is -1.23. The molecule has 3 heterocycles. The van der Waals surface area contributed by atoms with Gasteiger partial charge in [-0.15, -0.1) is 10.2 Å². The molecule has 1 fully saturated rings. The molecule has 0 aliphatic heterocycles. The highest BCUT2D eigenvalue weighted by atomic mass is 28.3. The van der Waals surface area contributed by atoms with Crippen LogP contribution in [-0.2, 0) is 23.3 Å². The third kappa shape index (κ3) is 5.94. The molecule has 1 aliphatic carbocycles. The summed E-state index contributed by atoms with van der Waals surface area (Å²) in [5.41, 5.74) is 1.22. The second kappa shape index (κ2) is 9.29. The molecule has 0 spiro atoms. The van der Waals surface area contributed by atoms with Crippen LogP contribution in [0.15, 0.2) is 29.5 Å². The molecular weight excluding hydrogens is 436 g/mol. The maximum Gasteiger partial charge on any atom is 0.280 e. The Balaban J connectivity index is 1.68. The van der Waals surface area contributed by atoms with E-state index in [1.807, 2.05) is 13.2 Å². The fourth-order valence-electron chi connectivity index (χ4n) is 3.17. The lowest BCUT2D eigenvalue weighted by Gasteiger charge is -2.16. The molecule has 0 radical (unpaired) electrons. The number of aryl methyl sites for hydroxylation is 1. The number of rotatable bonds is 7. The Hall–Kier alpha value is -3.29. The van der Waals surface area contributed by atoms with Gasteiger partial charge in [0.25, 0.3) is 5.56 Å². The molecule has 0 aromatic carbocycles. The Kier molecular flexibility index (Phi) is 6.44. The topological polar surface area (TPSA) is 104 Å². The van der Waals surface area contributed by atoms with Gasteiger partial charge in [-0.1, -0.05) is 31.5 Å². The predicted octanol–water partition coefficient (Wildman–Crippen LogP) is 2.59. The van der Waals surface area contributed by atoms with Gasteiger partial charge in [-0.25, -0.2) is 0 Å². The number of anilines is 1. The number of carbonyl (C=O) groups excluding carboxylic acids is 1. The smallest absolute Gasteiger partial charge is 0.280 e. The fraction of sp³-hybridized carbons (Fsp3) is 0.435. The second-order valence-corrected chi connectivity index (χ2v) is 15.2. The Morgan fingerprint density at radius 3 is 2.70 bits per heavy atom. The number of fused-ring (bicyclic) bond motifs is 1. The van der Waals surface area contributed by atoms with E-state index in [2.05, 4.69) is 52.1 Å². The van der Waals surface area contributed by atoms with Crippen LogP contribution in [0, 0.1) is 17.8 Å². The first-order valence-corrected chi connectivity index (χ1v) is 14.7. The van der Waals surface area contributed by atoms with Crippen LogP contribution in [0.3, 0.4) is 0 Å². The molecule has 172 valence electrons. The van der Waals surface area contributed by atoms with Gasteiger partial charge in [-0.05, 0) is 25.0 Å². The summed E-state index contributed by atoms with van der Waals surface area (Å²) in [6, 6.07) is 2.67. The zero-order chi connectivity index (χ0) is 23.6. The van der Waals surface area contributed by atoms with Crippen molar-refractivity contribution in [3.8, 4) is 11.8 Å². The highest BCUT2D eigenvalue weighted by Crippen LogP contribution is 2.30. The average Bonchev–Trinajstić information content (AvgIpc) is 3.53. The molecule has 9 nitrogen and oxygen atoms in total. The molecule has 3 aromatic rings. The monoisotopic (exact) mass is 464 g/mol. The first-order chi connectivity index (χ1) is 15.7. The van der Waals surface area contributed by atoms with Crippen LogP contribution >= 0.6 is 0 Å². The third-order valence-electron chi connectivity index (χ3n) is 5.31. The fourth-order valence-corrected chi connectivity index (χ4v) is 3.93. The van der Waals surface area contributed by atoms with Crippen molar-refractivity contribution in [3.05, 3.63) is 46.1 Å². The largest absolute Gasteiger partial charge is 0.361 e. The molecule has 4 rings (SSSR count). The van der Waals surface area contributed by atoms with E-state index in [1.165, 1.54) is 4.57 Å². The van der Waals surface area contributed by atoms with E-state index < -0.39 is 8.07 Å². The molecule has 0 bridgehead atoms. The molecule has 3 aromatic heterocycles. The van der Waals surface area contributed by atoms with Crippen LogP contribution in [0.1, 0.15) is 24.0 Å². The molecule has 1 saturated carbocycles. The molecule has 0 saturated heterocycles. The number of carbonyl (C=O) groups is 1. The van der Waals surface area contributed by atoms with Gasteiger partial charge in [0.05, 0.1) is 17.3 Å². The molecule has 1 N–H and O–H groups in total. The van der Waals surface area contributed by atoms with Crippen LogP contribution in [0.4, 0.5) is 5.82 Å². The molecular formula is C23H28N6O3Si. The van der Waals surface area contributed by atoms with Crippen molar-refractivity contribution in [2.24, 2.45) is 13.0 Å². The maximum atomic E-state index is 13.0. The average molecular weight is 465 g/mol. The summed E-state index contributed by atoms with van der Waals surface area (Å²) in [4.78, 5) is 25.2. The predicted molar refractivity (Wildman–Crippen MR) is 128 cm³/mol. The van der Waals surface area contributed by atoms with E-state index in [1.54, 1.807) is 23.1 Å². The number of nitrogens with one attached hydrogen (secondary N) is 1. The maximum absolute atomic E-state index is 13.0. The van der Waals surface area contributed by atoms with Gasteiger partial charge >= 0.3 is 0 Å². The van der Waals surface area contributed by atoms with Crippen molar-refractivity contribution in [3.63, 3.8) is 0 Å². The summed E-state index contributed by atoms with van der Waals surface area (Å²) in [5, 5.41) is 15.6. The normalized spacial score (nSPS) is 13.6. The minimum Gasteiger partial charge on any atom is -0.361 e. The highest BCUT2D eigenvalue weighted by molar-refractivity contribution is 6.76. The number of pyridine rings is 1. The van der Waals surface area contributed by atoms with E-state index in [0.29, 0.717) is 23.4 Å². The van der Waals surface area contributed by atoms with Crippen LogP contribution in [0.2, 0.25) is 25.7 Å². The van der Waals surface area contributed by atoms with Crippen molar-refractivity contribution >= 4 is 30.7 Å². The van der Waals surface area contributed by atoms with Crippen molar-refractivity contribution in [1.82, 2.24) is 24.5 Å². The third-order valence-corrected chi connectivity index (χ3v) is 7.01. The summed E-state index contributed by atoms with van der Waals surface area (Å²) in [7, 11) is 0.587. The molecule has 1 amide bonds. The van der Waals surface area contributed by atoms with Crippen LogP contribution in [0.25, 0.3) is 10.9 Å². The van der Waals surface area contributed by atoms with Crippen LogP contribution < -0.4 is 10.9 Å². The molecule has 0 unspecified atom stereocenters. The zero-order valence-corrected chi connectivity index (χ0v) is 20.4. The lowest BCUT2D eigenvalue weighted by atomic mass is 10.1.